The summed E-state index contributed by atoms with van der Waals surface area (Å²) in [4.78, 5) is 9.51. The number of hydrogen-bond acceptors (Lipinski definition) is 2. The van der Waals surface area contributed by atoms with Crippen LogP contribution in [-0.2, 0) is 0 Å². The van der Waals surface area contributed by atoms with E-state index in [-0.39, 0.29) is 10.6 Å². The summed E-state index contributed by atoms with van der Waals surface area (Å²) < 4.78 is 0. The molecule has 0 rings (SSSR count). The molecule has 0 heterocycles. The zero-order valence-electron chi connectivity index (χ0n) is 5.26. The summed E-state index contributed by atoms with van der Waals surface area (Å²) in [6.45, 7) is 4.94. The van der Waals surface area contributed by atoms with Crippen LogP contribution < -0.4 is 0 Å². The largest absolute Gasteiger partial charge is 0.259 e. The number of nitrogens with zero attached hydrogens (tertiary/aromatic N) is 1. The Labute approximate surface area is 48.2 Å². The maximum absolute atomic E-state index is 9.89. The van der Waals surface area contributed by atoms with Gasteiger partial charge in [-0.1, -0.05) is 0 Å². The molecule has 0 aliphatic carbocycles. The van der Waals surface area contributed by atoms with Crippen molar-refractivity contribution in [2.45, 2.75) is 20.8 Å². The minimum atomic E-state index is -0.380. The molecule has 0 bridgehead atoms. The van der Waals surface area contributed by atoms with Crippen LogP contribution in [0.2, 0.25) is 0 Å². The second-order valence-corrected chi connectivity index (χ2v) is 1.84. The van der Waals surface area contributed by atoms with Crippen molar-refractivity contribution in [3.8, 4) is 0 Å². The third-order valence-corrected chi connectivity index (χ3v) is 0.997. The van der Waals surface area contributed by atoms with Crippen LogP contribution >= 0.6 is 0 Å². The van der Waals surface area contributed by atoms with Crippen molar-refractivity contribution in [1.82, 2.24) is 0 Å². The second kappa shape index (κ2) is 2.45. The van der Waals surface area contributed by atoms with Gasteiger partial charge >= 0.3 is 0 Å². The predicted octanol–water partition coefficient (Wildman–Crippen LogP) is 1.58. The third kappa shape index (κ3) is 1.73. The van der Waals surface area contributed by atoms with Gasteiger partial charge in [-0.3, -0.25) is 10.1 Å². The minimum absolute atomic E-state index is 0.241. The van der Waals surface area contributed by atoms with Gasteiger partial charge in [0.25, 0.3) is 0 Å². The fraction of sp³-hybridized carbons (Fsp3) is 0.600. The molecule has 0 saturated heterocycles. The van der Waals surface area contributed by atoms with Crippen LogP contribution in [0.4, 0.5) is 0 Å². The summed E-state index contributed by atoms with van der Waals surface area (Å²) in [5.41, 5.74) is 1.00. The lowest BCUT2D eigenvalue weighted by Crippen LogP contribution is -1.94. The highest BCUT2D eigenvalue weighted by molar-refractivity contribution is 4.97. The molecule has 0 aromatic heterocycles. The van der Waals surface area contributed by atoms with Gasteiger partial charge < -0.3 is 0 Å². The van der Waals surface area contributed by atoms with E-state index in [4.69, 9.17) is 0 Å². The Balaban J connectivity index is 4.23. The number of allylic oxidation sites excluding steroid dienone is 2. The van der Waals surface area contributed by atoms with Crippen molar-refractivity contribution in [2.24, 2.45) is 0 Å². The molecular formula is C5H9NO2. The molecule has 0 aromatic rings. The Morgan fingerprint density at radius 2 is 1.75 bits per heavy atom. The van der Waals surface area contributed by atoms with E-state index in [0.717, 1.165) is 5.57 Å². The lowest BCUT2D eigenvalue weighted by atomic mass is 10.3. The average Bonchev–Trinajstić information content (AvgIpc) is 1.64. The molecule has 0 fully saturated rings. The smallest absolute Gasteiger partial charge is 0.241 e. The normalized spacial score (nSPS) is 8.38. The van der Waals surface area contributed by atoms with Crippen molar-refractivity contribution in [3.05, 3.63) is 21.4 Å². The fourth-order valence-electron chi connectivity index (χ4n) is 0.183. The molecule has 0 amide bonds. The van der Waals surface area contributed by atoms with Crippen LogP contribution in [0.3, 0.4) is 0 Å². The van der Waals surface area contributed by atoms with Crippen LogP contribution in [0.25, 0.3) is 0 Å². The zero-order valence-corrected chi connectivity index (χ0v) is 5.26. The van der Waals surface area contributed by atoms with Gasteiger partial charge in [-0.25, -0.2) is 0 Å². The Morgan fingerprint density at radius 1 is 1.38 bits per heavy atom. The van der Waals surface area contributed by atoms with E-state index in [2.05, 4.69) is 0 Å². The highest BCUT2D eigenvalue weighted by atomic mass is 16.6. The molecule has 0 radical (unpaired) electrons. The van der Waals surface area contributed by atoms with E-state index in [9.17, 15) is 10.1 Å². The molecular weight excluding hydrogens is 106 g/mol. The minimum Gasteiger partial charge on any atom is -0.259 e. The molecule has 0 atom stereocenters. The second-order valence-electron chi connectivity index (χ2n) is 1.84. The van der Waals surface area contributed by atoms with Crippen molar-refractivity contribution < 1.29 is 4.92 Å². The van der Waals surface area contributed by atoms with Crippen LogP contribution in [0, 0.1) is 10.1 Å². The Morgan fingerprint density at radius 3 is 1.75 bits per heavy atom. The Hall–Kier alpha value is -0.860. The standard InChI is InChI=1S/C5H9NO2/c1-4(2)5(3)6(7)8/h1-3H3. The first-order chi connectivity index (χ1) is 3.55. The van der Waals surface area contributed by atoms with Gasteiger partial charge in [0.1, 0.15) is 0 Å². The highest BCUT2D eigenvalue weighted by Crippen LogP contribution is 2.00. The van der Waals surface area contributed by atoms with Crippen LogP contribution in [-0.4, -0.2) is 4.92 Å². The fourth-order valence-corrected chi connectivity index (χ4v) is 0.183. The first kappa shape index (κ1) is 7.14. The van der Waals surface area contributed by atoms with Gasteiger partial charge in [0.2, 0.25) is 5.70 Å². The number of rotatable bonds is 1. The molecule has 0 aliphatic rings. The van der Waals surface area contributed by atoms with E-state index in [1.54, 1.807) is 13.8 Å². The Bertz CT molecular complexity index is 133. The average molecular weight is 115 g/mol. The van der Waals surface area contributed by atoms with Crippen molar-refractivity contribution >= 4 is 0 Å². The lowest BCUT2D eigenvalue weighted by Gasteiger charge is -1.88. The number of hydrogen-bond donors (Lipinski definition) is 0. The monoisotopic (exact) mass is 115 g/mol. The zero-order chi connectivity index (χ0) is 6.73. The predicted molar refractivity (Wildman–Crippen MR) is 31.0 cm³/mol. The van der Waals surface area contributed by atoms with Gasteiger partial charge in [0, 0.05) is 6.92 Å². The first-order valence-electron chi connectivity index (χ1n) is 2.34. The first-order valence-corrected chi connectivity index (χ1v) is 2.34. The molecule has 8 heavy (non-hydrogen) atoms. The van der Waals surface area contributed by atoms with Gasteiger partial charge in [-0.05, 0) is 19.4 Å². The van der Waals surface area contributed by atoms with Gasteiger partial charge in [-0.15, -0.1) is 0 Å². The van der Waals surface area contributed by atoms with E-state index < -0.39 is 0 Å². The molecule has 0 N–H and O–H groups in total. The van der Waals surface area contributed by atoms with Crippen LogP contribution in [0.1, 0.15) is 20.8 Å². The van der Waals surface area contributed by atoms with Crippen molar-refractivity contribution in [3.63, 3.8) is 0 Å². The van der Waals surface area contributed by atoms with E-state index in [0.29, 0.717) is 0 Å². The molecule has 46 valence electrons. The lowest BCUT2D eigenvalue weighted by molar-refractivity contribution is -0.425. The van der Waals surface area contributed by atoms with E-state index >= 15 is 0 Å². The summed E-state index contributed by atoms with van der Waals surface area (Å²) in [6, 6.07) is 0. The maximum atomic E-state index is 9.89. The summed E-state index contributed by atoms with van der Waals surface area (Å²) in [5.74, 6) is 0. The number of nitro groups is 1. The maximum Gasteiger partial charge on any atom is 0.241 e. The van der Waals surface area contributed by atoms with Crippen LogP contribution in [0.5, 0.6) is 0 Å². The summed E-state index contributed by atoms with van der Waals surface area (Å²) in [5, 5.41) is 9.89. The topological polar surface area (TPSA) is 43.1 Å². The molecule has 0 spiro atoms. The quantitative estimate of drug-likeness (QED) is 0.384. The molecule has 3 nitrogen and oxygen atoms in total. The third-order valence-electron chi connectivity index (χ3n) is 0.997. The molecule has 0 aromatic carbocycles. The van der Waals surface area contributed by atoms with Gasteiger partial charge in [0.15, 0.2) is 0 Å². The summed E-state index contributed by atoms with van der Waals surface area (Å²) in [7, 11) is 0. The van der Waals surface area contributed by atoms with Gasteiger partial charge in [-0.2, -0.15) is 0 Å². The highest BCUT2D eigenvalue weighted by Gasteiger charge is 2.01. The summed E-state index contributed by atoms with van der Waals surface area (Å²) in [6.07, 6.45) is 0. The van der Waals surface area contributed by atoms with Crippen LogP contribution in [0.15, 0.2) is 11.3 Å². The molecule has 0 saturated carbocycles. The van der Waals surface area contributed by atoms with Crippen molar-refractivity contribution in [1.29, 1.82) is 0 Å². The van der Waals surface area contributed by atoms with E-state index in [1.807, 2.05) is 0 Å². The Kier molecular flexibility index (Phi) is 2.19. The summed E-state index contributed by atoms with van der Waals surface area (Å²) >= 11 is 0. The van der Waals surface area contributed by atoms with Gasteiger partial charge in [0.05, 0.1) is 4.92 Å². The molecule has 0 aliphatic heterocycles. The molecule has 3 heteroatoms. The molecule has 0 unspecified atom stereocenters. The van der Waals surface area contributed by atoms with E-state index in [1.165, 1.54) is 6.92 Å². The van der Waals surface area contributed by atoms with Crippen molar-refractivity contribution in [2.75, 3.05) is 0 Å². The SMILES string of the molecule is CC(C)=C(C)[N+](=O)[O-].